The average Bonchev–Trinajstić information content (AvgIpc) is 2.78. The molecular weight excluding hydrogens is 473 g/mol. The van der Waals surface area contributed by atoms with Crippen molar-refractivity contribution in [3.05, 3.63) is 65.2 Å². The molecule has 2 N–H and O–H groups in total. The standard InChI is InChI=1S/C24H26ClF3N2O4/c1-15(2)21(22(32)24(26,27)28)30-23(33)20(11-16-7-4-3-5-8-16)29-13-18(31)14-34-19-10-6-9-17(25)12-19/h3-10,12,15,20-21,29H,11,13-14H2,1-2H3,(H,30,33)/t20-,21-/m0/s1. The van der Waals surface area contributed by atoms with Crippen molar-refractivity contribution in [2.24, 2.45) is 5.92 Å². The Labute approximate surface area is 200 Å². The average molecular weight is 499 g/mol. The summed E-state index contributed by atoms with van der Waals surface area (Å²) in [6.45, 7) is 2.25. The van der Waals surface area contributed by atoms with Gasteiger partial charge in [0, 0.05) is 5.02 Å². The molecule has 0 spiro atoms. The minimum atomic E-state index is -5.09. The van der Waals surface area contributed by atoms with Crippen LogP contribution in [-0.4, -0.2) is 48.9 Å². The quantitative estimate of drug-likeness (QED) is 0.465. The minimum absolute atomic E-state index is 0.0973. The van der Waals surface area contributed by atoms with E-state index in [4.69, 9.17) is 16.3 Å². The van der Waals surface area contributed by atoms with Gasteiger partial charge in [-0.05, 0) is 36.1 Å². The van der Waals surface area contributed by atoms with E-state index < -0.39 is 41.7 Å². The first-order valence-corrected chi connectivity index (χ1v) is 10.9. The smallest absolute Gasteiger partial charge is 0.452 e. The zero-order valence-electron chi connectivity index (χ0n) is 18.7. The fourth-order valence-electron chi connectivity index (χ4n) is 3.08. The van der Waals surface area contributed by atoms with E-state index in [0.717, 1.165) is 5.56 Å². The van der Waals surface area contributed by atoms with E-state index in [-0.39, 0.29) is 19.6 Å². The van der Waals surface area contributed by atoms with E-state index in [1.807, 2.05) is 0 Å². The van der Waals surface area contributed by atoms with Gasteiger partial charge in [0.05, 0.1) is 18.6 Å². The molecule has 0 bridgehead atoms. The number of halogens is 4. The van der Waals surface area contributed by atoms with Gasteiger partial charge in [0.1, 0.15) is 12.4 Å². The van der Waals surface area contributed by atoms with Crippen molar-refractivity contribution in [2.75, 3.05) is 13.2 Å². The van der Waals surface area contributed by atoms with Gasteiger partial charge in [-0.25, -0.2) is 0 Å². The molecule has 0 radical (unpaired) electrons. The largest absolute Gasteiger partial charge is 0.486 e. The molecule has 0 unspecified atom stereocenters. The number of hydrogen-bond acceptors (Lipinski definition) is 5. The van der Waals surface area contributed by atoms with Crippen molar-refractivity contribution < 1.29 is 32.3 Å². The van der Waals surface area contributed by atoms with E-state index in [1.165, 1.54) is 19.9 Å². The molecule has 10 heteroatoms. The maximum Gasteiger partial charge on any atom is 0.452 e. The lowest BCUT2D eigenvalue weighted by Gasteiger charge is -2.25. The molecule has 0 heterocycles. The van der Waals surface area contributed by atoms with Crippen LogP contribution in [0.5, 0.6) is 5.75 Å². The third-order valence-corrected chi connectivity index (χ3v) is 5.10. The highest BCUT2D eigenvalue weighted by Crippen LogP contribution is 2.21. The van der Waals surface area contributed by atoms with E-state index in [1.54, 1.807) is 48.5 Å². The van der Waals surface area contributed by atoms with Gasteiger partial charge >= 0.3 is 6.18 Å². The molecule has 1 amide bonds. The molecule has 2 rings (SSSR count). The summed E-state index contributed by atoms with van der Waals surface area (Å²) in [6, 6.07) is 12.4. The number of benzene rings is 2. The van der Waals surface area contributed by atoms with Crippen LogP contribution >= 0.6 is 11.6 Å². The lowest BCUT2D eigenvalue weighted by molar-refractivity contribution is -0.175. The lowest BCUT2D eigenvalue weighted by Crippen LogP contribution is -2.55. The summed E-state index contributed by atoms with van der Waals surface area (Å²) in [5, 5.41) is 5.42. The molecule has 0 aromatic heterocycles. The molecule has 0 aliphatic heterocycles. The first-order chi connectivity index (χ1) is 16.0. The molecule has 0 aliphatic rings. The number of ether oxygens (including phenoxy) is 1. The predicted molar refractivity (Wildman–Crippen MR) is 122 cm³/mol. The number of alkyl halides is 3. The van der Waals surface area contributed by atoms with Gasteiger partial charge in [-0.2, -0.15) is 13.2 Å². The summed E-state index contributed by atoms with van der Waals surface area (Å²) < 4.78 is 44.3. The topological polar surface area (TPSA) is 84.5 Å². The minimum Gasteiger partial charge on any atom is -0.486 e. The summed E-state index contributed by atoms with van der Waals surface area (Å²) >= 11 is 5.87. The Morgan fingerprint density at radius 3 is 2.29 bits per heavy atom. The summed E-state index contributed by atoms with van der Waals surface area (Å²) in [6.07, 6.45) is -4.99. The van der Waals surface area contributed by atoms with Gasteiger partial charge in [0.15, 0.2) is 5.78 Å². The van der Waals surface area contributed by atoms with Crippen molar-refractivity contribution in [1.29, 1.82) is 0 Å². The Bertz CT molecular complexity index is 984. The van der Waals surface area contributed by atoms with Crippen molar-refractivity contribution in [1.82, 2.24) is 10.6 Å². The monoisotopic (exact) mass is 498 g/mol. The van der Waals surface area contributed by atoms with Crippen LogP contribution in [0.1, 0.15) is 19.4 Å². The van der Waals surface area contributed by atoms with E-state index >= 15 is 0 Å². The van der Waals surface area contributed by atoms with Gasteiger partial charge in [-0.1, -0.05) is 61.8 Å². The molecule has 2 atom stereocenters. The lowest BCUT2D eigenvalue weighted by atomic mass is 9.98. The van der Waals surface area contributed by atoms with Crippen LogP contribution in [0.3, 0.4) is 0 Å². The van der Waals surface area contributed by atoms with E-state index in [2.05, 4.69) is 10.6 Å². The van der Waals surface area contributed by atoms with Gasteiger partial charge < -0.3 is 10.1 Å². The predicted octanol–water partition coefficient (Wildman–Crippen LogP) is 3.76. The molecule has 2 aromatic carbocycles. The maximum atomic E-state index is 13.0. The van der Waals surface area contributed by atoms with Crippen LogP contribution in [0, 0.1) is 5.92 Å². The Morgan fingerprint density at radius 2 is 1.71 bits per heavy atom. The van der Waals surface area contributed by atoms with Gasteiger partial charge in [0.25, 0.3) is 5.78 Å². The molecule has 0 saturated carbocycles. The second-order valence-corrected chi connectivity index (χ2v) is 8.44. The van der Waals surface area contributed by atoms with Crippen LogP contribution in [0.2, 0.25) is 5.02 Å². The fraction of sp³-hybridized carbons (Fsp3) is 0.375. The molecule has 184 valence electrons. The maximum absolute atomic E-state index is 13.0. The number of ketones is 2. The third-order valence-electron chi connectivity index (χ3n) is 4.87. The number of nitrogens with one attached hydrogen (secondary N) is 2. The zero-order valence-corrected chi connectivity index (χ0v) is 19.5. The highest BCUT2D eigenvalue weighted by molar-refractivity contribution is 6.30. The van der Waals surface area contributed by atoms with Crippen molar-refractivity contribution >= 4 is 29.1 Å². The summed E-state index contributed by atoms with van der Waals surface area (Å²) in [5.74, 6) is -3.63. The number of amides is 1. The number of carbonyl (C=O) groups is 3. The summed E-state index contributed by atoms with van der Waals surface area (Å²) in [4.78, 5) is 37.0. The van der Waals surface area contributed by atoms with Gasteiger partial charge in [-0.3, -0.25) is 19.7 Å². The highest BCUT2D eigenvalue weighted by Gasteiger charge is 2.45. The number of carbonyl (C=O) groups excluding carboxylic acids is 3. The highest BCUT2D eigenvalue weighted by atomic mass is 35.5. The van der Waals surface area contributed by atoms with Gasteiger partial charge in [0.2, 0.25) is 5.91 Å². The molecule has 34 heavy (non-hydrogen) atoms. The normalized spacial score (nSPS) is 13.3. The molecular formula is C24H26ClF3N2O4. The molecule has 6 nitrogen and oxygen atoms in total. The molecule has 0 aliphatic carbocycles. The van der Waals surface area contributed by atoms with Gasteiger partial charge in [-0.15, -0.1) is 0 Å². The Hall–Kier alpha value is -2.91. The molecule has 0 saturated heterocycles. The van der Waals surface area contributed by atoms with Crippen LogP contribution in [0.4, 0.5) is 13.2 Å². The third kappa shape index (κ3) is 8.79. The summed E-state index contributed by atoms with van der Waals surface area (Å²) in [5.41, 5.74) is 0.723. The second-order valence-electron chi connectivity index (χ2n) is 8.00. The van der Waals surface area contributed by atoms with Crippen molar-refractivity contribution in [2.45, 2.75) is 38.5 Å². The Morgan fingerprint density at radius 1 is 1.03 bits per heavy atom. The SMILES string of the molecule is CC(C)[C@H](NC(=O)[C@H](Cc1ccccc1)NCC(=O)COc1cccc(Cl)c1)C(=O)C(F)(F)F. The zero-order chi connectivity index (χ0) is 25.3. The number of rotatable bonds is 12. The number of Topliss-reactive ketones (excluding diaryl/α,β-unsaturated/α-hetero) is 2. The van der Waals surface area contributed by atoms with Crippen LogP contribution in [0.25, 0.3) is 0 Å². The van der Waals surface area contributed by atoms with Crippen molar-refractivity contribution in [3.63, 3.8) is 0 Å². The van der Waals surface area contributed by atoms with Crippen LogP contribution < -0.4 is 15.4 Å². The Balaban J connectivity index is 2.06. The fourth-order valence-corrected chi connectivity index (χ4v) is 3.26. The summed E-state index contributed by atoms with van der Waals surface area (Å²) in [7, 11) is 0. The second kappa shape index (κ2) is 12.5. The Kier molecular flexibility index (Phi) is 10.1. The first kappa shape index (κ1) is 27.3. The van der Waals surface area contributed by atoms with Crippen LogP contribution in [-0.2, 0) is 20.8 Å². The molecule has 0 fully saturated rings. The number of hydrogen-bond donors (Lipinski definition) is 2. The first-order valence-electron chi connectivity index (χ1n) is 10.6. The molecule has 2 aromatic rings. The van der Waals surface area contributed by atoms with Crippen LogP contribution in [0.15, 0.2) is 54.6 Å². The van der Waals surface area contributed by atoms with Crippen molar-refractivity contribution in [3.8, 4) is 5.75 Å². The van der Waals surface area contributed by atoms with E-state index in [0.29, 0.717) is 10.8 Å². The van der Waals surface area contributed by atoms with E-state index in [9.17, 15) is 27.6 Å².